The lowest BCUT2D eigenvalue weighted by Gasteiger charge is -2.07. The van der Waals surface area contributed by atoms with E-state index in [4.69, 9.17) is 11.0 Å². The zero-order valence-electron chi connectivity index (χ0n) is 12.4. The molecule has 0 unspecified atom stereocenters. The first-order chi connectivity index (χ1) is 11.5. The van der Waals surface area contributed by atoms with Crippen LogP contribution in [0, 0.1) is 11.3 Å². The van der Waals surface area contributed by atoms with Gasteiger partial charge in [0.15, 0.2) is 0 Å². The lowest BCUT2D eigenvalue weighted by atomic mass is 10.1. The molecule has 4 N–H and O–H groups in total. The minimum absolute atomic E-state index is 0.141. The summed E-state index contributed by atoms with van der Waals surface area (Å²) in [5.74, 6) is -1.17. The number of carbonyl (C=O) groups excluding carboxylic acids is 2. The molecule has 120 valence electrons. The SMILES string of the molecule is N#C/C(=C/Nc1ccccc1C(N)=O)C(=O)Nc1ccc(Br)cc1. The molecule has 0 aliphatic rings. The van der Waals surface area contributed by atoms with Crippen molar-refractivity contribution in [2.45, 2.75) is 0 Å². The average molecular weight is 385 g/mol. The van der Waals surface area contributed by atoms with E-state index in [0.29, 0.717) is 11.4 Å². The maximum absolute atomic E-state index is 12.1. The van der Waals surface area contributed by atoms with Gasteiger partial charge in [-0.1, -0.05) is 28.1 Å². The minimum Gasteiger partial charge on any atom is -0.366 e. The second-order valence-corrected chi connectivity index (χ2v) is 5.60. The highest BCUT2D eigenvalue weighted by Crippen LogP contribution is 2.16. The molecule has 0 aliphatic carbocycles. The van der Waals surface area contributed by atoms with Crippen molar-refractivity contribution in [3.05, 3.63) is 70.3 Å². The van der Waals surface area contributed by atoms with Gasteiger partial charge in [-0.3, -0.25) is 9.59 Å². The summed E-state index contributed by atoms with van der Waals surface area (Å²) in [6.07, 6.45) is 1.23. The first-order valence-corrected chi connectivity index (χ1v) is 7.63. The van der Waals surface area contributed by atoms with E-state index in [1.807, 2.05) is 6.07 Å². The van der Waals surface area contributed by atoms with Crippen molar-refractivity contribution in [2.24, 2.45) is 5.73 Å². The molecule has 0 bridgehead atoms. The summed E-state index contributed by atoms with van der Waals surface area (Å²) in [5, 5.41) is 14.5. The number of nitriles is 1. The van der Waals surface area contributed by atoms with Crippen molar-refractivity contribution < 1.29 is 9.59 Å². The highest BCUT2D eigenvalue weighted by molar-refractivity contribution is 9.10. The number of nitrogens with zero attached hydrogens (tertiary/aromatic N) is 1. The maximum atomic E-state index is 12.1. The monoisotopic (exact) mass is 384 g/mol. The summed E-state index contributed by atoms with van der Waals surface area (Å²) in [6.45, 7) is 0. The molecule has 0 atom stereocenters. The number of benzene rings is 2. The number of carbonyl (C=O) groups is 2. The molecule has 0 aliphatic heterocycles. The molecule has 0 spiro atoms. The minimum atomic E-state index is -0.607. The summed E-state index contributed by atoms with van der Waals surface area (Å²) in [7, 11) is 0. The van der Waals surface area contributed by atoms with Gasteiger partial charge in [0, 0.05) is 16.4 Å². The number of para-hydroxylation sites is 1. The number of halogens is 1. The number of nitrogens with one attached hydrogen (secondary N) is 2. The summed E-state index contributed by atoms with van der Waals surface area (Å²) in [4.78, 5) is 23.5. The number of rotatable bonds is 5. The van der Waals surface area contributed by atoms with Gasteiger partial charge < -0.3 is 16.4 Å². The molecule has 0 saturated carbocycles. The van der Waals surface area contributed by atoms with Crippen LogP contribution in [0.25, 0.3) is 0 Å². The molecule has 0 heterocycles. The Balaban J connectivity index is 2.15. The van der Waals surface area contributed by atoms with Crippen LogP contribution in [0.15, 0.2) is 64.8 Å². The Morgan fingerprint density at radius 2 is 1.79 bits per heavy atom. The first-order valence-electron chi connectivity index (χ1n) is 6.84. The number of primary amides is 1. The van der Waals surface area contributed by atoms with Crippen LogP contribution >= 0.6 is 15.9 Å². The number of anilines is 2. The fourth-order valence-corrected chi connectivity index (χ4v) is 2.12. The second kappa shape index (κ2) is 7.94. The van der Waals surface area contributed by atoms with Crippen molar-refractivity contribution in [2.75, 3.05) is 10.6 Å². The Hall–Kier alpha value is -3.11. The molecular formula is C17H13BrN4O2. The van der Waals surface area contributed by atoms with Crippen molar-refractivity contribution in [3.8, 4) is 6.07 Å². The normalized spacial score (nSPS) is 10.6. The van der Waals surface area contributed by atoms with Crippen LogP contribution in [0.3, 0.4) is 0 Å². The molecular weight excluding hydrogens is 372 g/mol. The van der Waals surface area contributed by atoms with Gasteiger partial charge >= 0.3 is 0 Å². The molecule has 7 heteroatoms. The lowest BCUT2D eigenvalue weighted by molar-refractivity contribution is -0.112. The van der Waals surface area contributed by atoms with Crippen LogP contribution in [0.5, 0.6) is 0 Å². The largest absolute Gasteiger partial charge is 0.366 e. The van der Waals surface area contributed by atoms with E-state index in [0.717, 1.165) is 4.47 Å². The van der Waals surface area contributed by atoms with Crippen molar-refractivity contribution in [1.29, 1.82) is 5.26 Å². The summed E-state index contributed by atoms with van der Waals surface area (Å²) < 4.78 is 0.876. The summed E-state index contributed by atoms with van der Waals surface area (Å²) >= 11 is 3.30. The van der Waals surface area contributed by atoms with Gasteiger partial charge in [-0.25, -0.2) is 0 Å². The highest BCUT2D eigenvalue weighted by Gasteiger charge is 2.11. The van der Waals surface area contributed by atoms with Gasteiger partial charge in [0.05, 0.1) is 11.3 Å². The smallest absolute Gasteiger partial charge is 0.267 e. The van der Waals surface area contributed by atoms with Gasteiger partial charge in [-0.15, -0.1) is 0 Å². The zero-order chi connectivity index (χ0) is 17.5. The van der Waals surface area contributed by atoms with Crippen molar-refractivity contribution in [1.82, 2.24) is 0 Å². The standard InChI is InChI=1S/C17H13BrN4O2/c18-12-5-7-13(8-6-12)22-17(24)11(9-19)10-21-15-4-2-1-3-14(15)16(20)23/h1-8,10,21H,(H2,20,23)(H,22,24)/b11-10-. The zero-order valence-corrected chi connectivity index (χ0v) is 14.0. The fraction of sp³-hybridized carbons (Fsp3) is 0. The third kappa shape index (κ3) is 4.44. The number of hydrogen-bond donors (Lipinski definition) is 3. The Kier molecular flexibility index (Phi) is 5.71. The van der Waals surface area contributed by atoms with Gasteiger partial charge in [-0.05, 0) is 36.4 Å². The molecule has 0 aromatic heterocycles. The lowest BCUT2D eigenvalue weighted by Crippen LogP contribution is -2.16. The molecule has 2 aromatic rings. The first kappa shape index (κ1) is 17.2. The maximum Gasteiger partial charge on any atom is 0.267 e. The van der Waals surface area contributed by atoms with Crippen LogP contribution in [0.2, 0.25) is 0 Å². The Morgan fingerprint density at radius 3 is 2.42 bits per heavy atom. The predicted octanol–water partition coefficient (Wildman–Crippen LogP) is 3.01. The average Bonchev–Trinajstić information content (AvgIpc) is 2.57. The van der Waals surface area contributed by atoms with E-state index in [-0.39, 0.29) is 11.1 Å². The Labute approximate surface area is 147 Å². The van der Waals surface area contributed by atoms with E-state index in [1.54, 1.807) is 48.5 Å². The van der Waals surface area contributed by atoms with Gasteiger partial charge in [-0.2, -0.15) is 5.26 Å². The molecule has 2 aromatic carbocycles. The number of amides is 2. The topological polar surface area (TPSA) is 108 Å². The summed E-state index contributed by atoms with van der Waals surface area (Å²) in [6, 6.07) is 15.3. The molecule has 6 nitrogen and oxygen atoms in total. The second-order valence-electron chi connectivity index (χ2n) is 4.69. The van der Waals surface area contributed by atoms with Crippen molar-refractivity contribution in [3.63, 3.8) is 0 Å². The molecule has 0 radical (unpaired) electrons. The molecule has 0 saturated heterocycles. The predicted molar refractivity (Wildman–Crippen MR) is 95.1 cm³/mol. The molecule has 2 amide bonds. The third-order valence-electron chi connectivity index (χ3n) is 3.03. The van der Waals surface area contributed by atoms with Crippen LogP contribution in [0.1, 0.15) is 10.4 Å². The fourth-order valence-electron chi connectivity index (χ4n) is 1.85. The van der Waals surface area contributed by atoms with E-state index < -0.39 is 11.8 Å². The van der Waals surface area contributed by atoms with E-state index in [9.17, 15) is 9.59 Å². The van der Waals surface area contributed by atoms with Crippen LogP contribution < -0.4 is 16.4 Å². The highest BCUT2D eigenvalue weighted by atomic mass is 79.9. The number of hydrogen-bond acceptors (Lipinski definition) is 4. The van der Waals surface area contributed by atoms with E-state index in [2.05, 4.69) is 26.6 Å². The molecule has 2 rings (SSSR count). The Morgan fingerprint density at radius 1 is 1.12 bits per heavy atom. The van der Waals surface area contributed by atoms with Crippen LogP contribution in [0.4, 0.5) is 11.4 Å². The van der Waals surface area contributed by atoms with Crippen LogP contribution in [-0.4, -0.2) is 11.8 Å². The van der Waals surface area contributed by atoms with E-state index >= 15 is 0 Å². The molecule has 0 fully saturated rings. The van der Waals surface area contributed by atoms with Crippen LogP contribution in [-0.2, 0) is 4.79 Å². The van der Waals surface area contributed by atoms with E-state index in [1.165, 1.54) is 6.20 Å². The van der Waals surface area contributed by atoms with Crippen molar-refractivity contribution >= 4 is 39.1 Å². The Bertz CT molecular complexity index is 838. The third-order valence-corrected chi connectivity index (χ3v) is 3.56. The quantitative estimate of drug-likeness (QED) is 0.543. The molecule has 24 heavy (non-hydrogen) atoms. The number of nitrogens with two attached hydrogens (primary N) is 1. The van der Waals surface area contributed by atoms with Gasteiger partial charge in [0.2, 0.25) is 0 Å². The summed E-state index contributed by atoms with van der Waals surface area (Å²) in [5.41, 5.74) is 6.37. The van der Waals surface area contributed by atoms with Gasteiger partial charge in [0.25, 0.3) is 11.8 Å². The van der Waals surface area contributed by atoms with Gasteiger partial charge in [0.1, 0.15) is 11.6 Å².